The van der Waals surface area contributed by atoms with Crippen molar-refractivity contribution in [3.8, 4) is 12.3 Å². The summed E-state index contributed by atoms with van der Waals surface area (Å²) in [6.07, 6.45) is 1.31. The summed E-state index contributed by atoms with van der Waals surface area (Å²) in [5.74, 6) is 1.95. The van der Waals surface area contributed by atoms with E-state index in [9.17, 15) is 18.4 Å². The maximum Gasteiger partial charge on any atom is 0.478 e. The number of rotatable bonds is 1. The lowest BCUT2D eigenvalue weighted by Crippen LogP contribution is -2.36. The minimum absolute atomic E-state index is 0.205. The SMILES string of the molecule is C#C[C@@H](C)c1ccc(C(F)(F)F)[n+]([O-])c1. The molecular weight excluding hydrogens is 207 g/mol. The lowest BCUT2D eigenvalue weighted by atomic mass is 10.0. The van der Waals surface area contributed by atoms with E-state index in [1.807, 2.05) is 0 Å². The van der Waals surface area contributed by atoms with E-state index in [4.69, 9.17) is 6.42 Å². The predicted octanol–water partition coefficient (Wildman–Crippen LogP) is 2.08. The van der Waals surface area contributed by atoms with Crippen LogP contribution < -0.4 is 4.73 Å². The summed E-state index contributed by atoms with van der Waals surface area (Å²) in [7, 11) is 0. The molecule has 5 heteroatoms. The molecule has 15 heavy (non-hydrogen) atoms. The van der Waals surface area contributed by atoms with Crippen molar-refractivity contribution in [2.75, 3.05) is 0 Å². The third-order valence-corrected chi connectivity index (χ3v) is 1.98. The van der Waals surface area contributed by atoms with Gasteiger partial charge in [0.25, 0.3) is 5.69 Å². The van der Waals surface area contributed by atoms with Crippen LogP contribution in [0.2, 0.25) is 0 Å². The Hall–Kier alpha value is -1.70. The molecule has 0 aliphatic rings. The fourth-order valence-corrected chi connectivity index (χ4v) is 1.07. The van der Waals surface area contributed by atoms with Gasteiger partial charge in [0.05, 0.1) is 0 Å². The number of pyridine rings is 1. The molecule has 0 saturated carbocycles. The molecule has 2 nitrogen and oxygen atoms in total. The summed E-state index contributed by atoms with van der Waals surface area (Å²) >= 11 is 0. The summed E-state index contributed by atoms with van der Waals surface area (Å²) in [5, 5.41) is 11.0. The highest BCUT2D eigenvalue weighted by Gasteiger charge is 2.39. The van der Waals surface area contributed by atoms with Crippen LogP contribution in [0.4, 0.5) is 13.2 Å². The molecule has 1 rings (SSSR count). The average Bonchev–Trinajstić information content (AvgIpc) is 2.14. The molecule has 0 aliphatic carbocycles. The van der Waals surface area contributed by atoms with Crippen LogP contribution in [0.1, 0.15) is 24.1 Å². The van der Waals surface area contributed by atoms with Gasteiger partial charge >= 0.3 is 6.18 Å². The van der Waals surface area contributed by atoms with Crippen molar-refractivity contribution in [3.05, 3.63) is 34.8 Å². The molecule has 0 aliphatic heterocycles. The Kier molecular flexibility index (Phi) is 2.89. The van der Waals surface area contributed by atoms with Crippen LogP contribution in [0.5, 0.6) is 0 Å². The fraction of sp³-hybridized carbons (Fsp3) is 0.300. The Balaban J connectivity index is 3.16. The van der Waals surface area contributed by atoms with Crippen molar-refractivity contribution >= 4 is 0 Å². The van der Waals surface area contributed by atoms with E-state index in [1.54, 1.807) is 6.92 Å². The van der Waals surface area contributed by atoms with Gasteiger partial charge in [-0.2, -0.15) is 17.9 Å². The molecule has 0 spiro atoms. The molecule has 1 aromatic heterocycles. The monoisotopic (exact) mass is 215 g/mol. The Morgan fingerprint density at radius 2 is 2.07 bits per heavy atom. The second kappa shape index (κ2) is 3.81. The van der Waals surface area contributed by atoms with Gasteiger partial charge in [-0.15, -0.1) is 6.42 Å². The van der Waals surface area contributed by atoms with E-state index in [0.29, 0.717) is 5.56 Å². The van der Waals surface area contributed by atoms with E-state index in [-0.39, 0.29) is 10.6 Å². The number of hydrogen-bond acceptors (Lipinski definition) is 1. The lowest BCUT2D eigenvalue weighted by Gasteiger charge is -2.09. The molecular formula is C10H8F3NO. The zero-order chi connectivity index (χ0) is 11.6. The minimum Gasteiger partial charge on any atom is -0.618 e. The van der Waals surface area contributed by atoms with Gasteiger partial charge in [0.15, 0.2) is 6.20 Å². The molecule has 0 aromatic carbocycles. The first kappa shape index (κ1) is 11.4. The molecule has 0 fully saturated rings. The van der Waals surface area contributed by atoms with Crippen LogP contribution >= 0.6 is 0 Å². The number of aromatic nitrogens is 1. The van der Waals surface area contributed by atoms with Crippen LogP contribution in [0.25, 0.3) is 0 Å². The topological polar surface area (TPSA) is 26.9 Å². The third-order valence-electron chi connectivity index (χ3n) is 1.98. The highest BCUT2D eigenvalue weighted by Crippen LogP contribution is 2.27. The predicted molar refractivity (Wildman–Crippen MR) is 47.7 cm³/mol. The number of nitrogens with zero attached hydrogens (tertiary/aromatic N) is 1. The molecule has 1 aromatic rings. The van der Waals surface area contributed by atoms with Gasteiger partial charge in [-0.05, 0) is 13.0 Å². The van der Waals surface area contributed by atoms with Crippen LogP contribution in [0.15, 0.2) is 18.3 Å². The molecule has 0 saturated heterocycles. The highest BCUT2D eigenvalue weighted by molar-refractivity contribution is 5.22. The minimum atomic E-state index is -4.64. The van der Waals surface area contributed by atoms with E-state index < -0.39 is 11.9 Å². The maximum atomic E-state index is 12.2. The summed E-state index contributed by atoms with van der Waals surface area (Å²) in [6.45, 7) is 1.63. The van der Waals surface area contributed by atoms with E-state index in [1.165, 1.54) is 6.07 Å². The molecule has 0 unspecified atom stereocenters. The van der Waals surface area contributed by atoms with Crippen molar-refractivity contribution in [1.29, 1.82) is 0 Å². The molecule has 1 atom stereocenters. The fourth-order valence-electron chi connectivity index (χ4n) is 1.07. The Bertz CT molecular complexity index is 406. The van der Waals surface area contributed by atoms with Crippen molar-refractivity contribution in [2.24, 2.45) is 0 Å². The van der Waals surface area contributed by atoms with Gasteiger partial charge in [-0.3, -0.25) is 0 Å². The second-order valence-electron chi connectivity index (χ2n) is 3.06. The van der Waals surface area contributed by atoms with Crippen molar-refractivity contribution in [1.82, 2.24) is 0 Å². The lowest BCUT2D eigenvalue weighted by molar-refractivity contribution is -0.629. The normalized spacial score (nSPS) is 13.3. The van der Waals surface area contributed by atoms with E-state index >= 15 is 0 Å². The molecule has 1 heterocycles. The quantitative estimate of drug-likeness (QED) is 0.400. The number of terminal acetylenes is 1. The van der Waals surface area contributed by atoms with E-state index in [2.05, 4.69) is 5.92 Å². The van der Waals surface area contributed by atoms with Crippen LogP contribution in [0.3, 0.4) is 0 Å². The second-order valence-corrected chi connectivity index (χ2v) is 3.06. The number of halogens is 3. The number of hydrogen-bond donors (Lipinski definition) is 0. The Morgan fingerprint density at radius 3 is 2.47 bits per heavy atom. The molecule has 0 N–H and O–H groups in total. The maximum absolute atomic E-state index is 12.2. The largest absolute Gasteiger partial charge is 0.618 e. The van der Waals surface area contributed by atoms with Crippen molar-refractivity contribution in [3.63, 3.8) is 0 Å². The standard InChI is InChI=1S/C10H8F3NO/c1-3-7(2)8-4-5-9(10(11,12)13)14(15)6-8/h1,4-7H,2H3/t7-/m1/s1. The zero-order valence-corrected chi connectivity index (χ0v) is 7.88. The van der Waals surface area contributed by atoms with Gasteiger partial charge in [0, 0.05) is 17.5 Å². The summed E-state index contributed by atoms with van der Waals surface area (Å²) in [4.78, 5) is 0. The smallest absolute Gasteiger partial charge is 0.478 e. The summed E-state index contributed by atoms with van der Waals surface area (Å²) in [6, 6.07) is 1.94. The first-order valence-corrected chi connectivity index (χ1v) is 4.12. The summed E-state index contributed by atoms with van der Waals surface area (Å²) in [5.41, 5.74) is -0.851. The van der Waals surface area contributed by atoms with Gasteiger partial charge in [-0.25, -0.2) is 0 Å². The number of alkyl halides is 3. The highest BCUT2D eigenvalue weighted by atomic mass is 19.4. The molecule has 0 radical (unpaired) electrons. The van der Waals surface area contributed by atoms with Gasteiger partial charge < -0.3 is 5.21 Å². The first-order chi connectivity index (χ1) is 6.86. The molecule has 80 valence electrons. The Morgan fingerprint density at radius 1 is 1.47 bits per heavy atom. The summed E-state index contributed by atoms with van der Waals surface area (Å²) < 4.78 is 36.4. The van der Waals surface area contributed by atoms with Gasteiger partial charge in [0.1, 0.15) is 0 Å². The third kappa shape index (κ3) is 2.40. The van der Waals surface area contributed by atoms with Crippen LogP contribution in [0, 0.1) is 17.6 Å². The first-order valence-electron chi connectivity index (χ1n) is 4.12. The van der Waals surface area contributed by atoms with Crippen molar-refractivity contribution < 1.29 is 17.9 Å². The zero-order valence-electron chi connectivity index (χ0n) is 7.88. The van der Waals surface area contributed by atoms with Gasteiger partial charge in [-0.1, -0.05) is 5.92 Å². The molecule has 0 bridgehead atoms. The van der Waals surface area contributed by atoms with Crippen molar-refractivity contribution in [2.45, 2.75) is 19.0 Å². The van der Waals surface area contributed by atoms with Crippen LogP contribution in [-0.2, 0) is 6.18 Å². The van der Waals surface area contributed by atoms with Crippen LogP contribution in [-0.4, -0.2) is 0 Å². The van der Waals surface area contributed by atoms with Gasteiger partial charge in [0.2, 0.25) is 0 Å². The Labute approximate surface area is 84.9 Å². The average molecular weight is 215 g/mol. The van der Waals surface area contributed by atoms with E-state index in [0.717, 1.165) is 12.3 Å². The molecule has 0 amide bonds.